The zero-order valence-corrected chi connectivity index (χ0v) is 15.0. The van der Waals surface area contributed by atoms with Crippen molar-refractivity contribution >= 4 is 17.3 Å². The second-order valence-corrected chi connectivity index (χ2v) is 7.06. The number of fused-ring (bicyclic) bond motifs is 3. The van der Waals surface area contributed by atoms with E-state index in [2.05, 4.69) is 4.98 Å². The lowest BCUT2D eigenvalue weighted by Gasteiger charge is -2.38. The summed E-state index contributed by atoms with van der Waals surface area (Å²) in [5, 5.41) is 17.1. The molecule has 0 amide bonds. The van der Waals surface area contributed by atoms with E-state index in [4.69, 9.17) is 21.4 Å². The third-order valence-corrected chi connectivity index (χ3v) is 5.18. The molecule has 6 heteroatoms. The Kier molecular flexibility index (Phi) is 3.76. The molecule has 3 aromatic rings. The Balaban J connectivity index is 1.60. The van der Waals surface area contributed by atoms with Crippen molar-refractivity contribution < 1.29 is 9.84 Å². The SMILES string of the molecule is Oc1ccc(C2=NN3[C@H](C2)c2cc(Cl)ccc2O[C@@H]3c2ccncc2)cc1. The van der Waals surface area contributed by atoms with E-state index in [0.29, 0.717) is 5.02 Å². The Hall–Kier alpha value is -3.05. The molecule has 5 nitrogen and oxygen atoms in total. The first kappa shape index (κ1) is 16.1. The molecule has 0 unspecified atom stereocenters. The van der Waals surface area contributed by atoms with Crippen molar-refractivity contribution in [3.05, 3.63) is 88.7 Å². The van der Waals surface area contributed by atoms with Gasteiger partial charge in [-0.25, -0.2) is 5.01 Å². The van der Waals surface area contributed by atoms with Crippen LogP contribution in [0.25, 0.3) is 0 Å². The first-order valence-electron chi connectivity index (χ1n) is 8.70. The number of ether oxygens (including phenoxy) is 1. The quantitative estimate of drug-likeness (QED) is 0.704. The average molecular weight is 378 g/mol. The minimum Gasteiger partial charge on any atom is -0.508 e. The normalized spacial score (nSPS) is 20.5. The largest absolute Gasteiger partial charge is 0.508 e. The van der Waals surface area contributed by atoms with Crippen LogP contribution in [0.1, 0.15) is 35.4 Å². The van der Waals surface area contributed by atoms with Crippen LogP contribution in [-0.4, -0.2) is 20.8 Å². The minimum absolute atomic E-state index is 0.0365. The highest BCUT2D eigenvalue weighted by Crippen LogP contribution is 2.48. The smallest absolute Gasteiger partial charge is 0.213 e. The summed E-state index contributed by atoms with van der Waals surface area (Å²) in [6.07, 6.45) is 3.92. The number of hydrazone groups is 1. The van der Waals surface area contributed by atoms with Gasteiger partial charge in [-0.05, 0) is 60.2 Å². The lowest BCUT2D eigenvalue weighted by molar-refractivity contribution is -0.0190. The van der Waals surface area contributed by atoms with Crippen molar-refractivity contribution in [1.29, 1.82) is 0 Å². The molecule has 0 bridgehead atoms. The van der Waals surface area contributed by atoms with Crippen LogP contribution in [0.3, 0.4) is 0 Å². The van der Waals surface area contributed by atoms with E-state index in [0.717, 1.165) is 34.6 Å². The van der Waals surface area contributed by atoms with Gasteiger partial charge in [0.1, 0.15) is 11.5 Å². The number of hydrogen-bond donors (Lipinski definition) is 1. The summed E-state index contributed by atoms with van der Waals surface area (Å²) in [6.45, 7) is 0. The molecule has 0 aliphatic carbocycles. The molecular formula is C21H16ClN3O2. The van der Waals surface area contributed by atoms with Crippen LogP contribution >= 0.6 is 11.6 Å². The van der Waals surface area contributed by atoms with E-state index in [1.54, 1.807) is 24.5 Å². The van der Waals surface area contributed by atoms with Crippen LogP contribution in [0.2, 0.25) is 5.02 Å². The number of nitrogens with zero attached hydrogens (tertiary/aromatic N) is 3. The minimum atomic E-state index is -0.332. The topological polar surface area (TPSA) is 58.0 Å². The van der Waals surface area contributed by atoms with E-state index >= 15 is 0 Å². The number of aromatic nitrogens is 1. The first-order valence-corrected chi connectivity index (χ1v) is 9.08. The van der Waals surface area contributed by atoms with Crippen LogP contribution in [0.15, 0.2) is 72.1 Å². The maximum Gasteiger partial charge on any atom is 0.213 e. The second-order valence-electron chi connectivity index (χ2n) is 6.63. The highest BCUT2D eigenvalue weighted by Gasteiger charge is 2.41. The summed E-state index contributed by atoms with van der Waals surface area (Å²) in [7, 11) is 0. The number of pyridine rings is 1. The molecule has 2 aliphatic heterocycles. The van der Waals surface area contributed by atoms with Crippen LogP contribution in [0.5, 0.6) is 11.5 Å². The Morgan fingerprint density at radius 1 is 1.04 bits per heavy atom. The standard InChI is InChI=1S/C21H16ClN3O2/c22-15-3-6-20-17(11-15)19-12-18(13-1-4-16(26)5-2-13)24-25(19)21(27-20)14-7-9-23-10-8-14/h1-11,19,21,26H,12H2/t19-,21-/m1/s1. The number of benzene rings is 2. The van der Waals surface area contributed by atoms with Gasteiger partial charge in [0, 0.05) is 35.0 Å². The van der Waals surface area contributed by atoms with Gasteiger partial charge in [-0.3, -0.25) is 4.98 Å². The van der Waals surface area contributed by atoms with Crippen LogP contribution in [0, 0.1) is 0 Å². The highest BCUT2D eigenvalue weighted by atomic mass is 35.5. The Morgan fingerprint density at radius 3 is 2.59 bits per heavy atom. The summed E-state index contributed by atoms with van der Waals surface area (Å²) < 4.78 is 6.28. The van der Waals surface area contributed by atoms with Gasteiger partial charge in [0.05, 0.1) is 11.8 Å². The molecule has 2 aliphatic rings. The van der Waals surface area contributed by atoms with E-state index in [1.807, 2.05) is 47.5 Å². The third-order valence-electron chi connectivity index (χ3n) is 4.94. The number of aromatic hydroxyl groups is 1. The zero-order valence-electron chi connectivity index (χ0n) is 14.3. The van der Waals surface area contributed by atoms with Crippen molar-refractivity contribution in [2.45, 2.75) is 18.7 Å². The van der Waals surface area contributed by atoms with Gasteiger partial charge < -0.3 is 9.84 Å². The fraction of sp³-hybridized carbons (Fsp3) is 0.143. The van der Waals surface area contributed by atoms with Crippen LogP contribution in [0.4, 0.5) is 0 Å². The number of phenols is 1. The lowest BCUT2D eigenvalue weighted by Crippen LogP contribution is -2.33. The number of rotatable bonds is 2. The van der Waals surface area contributed by atoms with E-state index in [9.17, 15) is 5.11 Å². The molecule has 2 aromatic carbocycles. The van der Waals surface area contributed by atoms with E-state index < -0.39 is 0 Å². The van der Waals surface area contributed by atoms with Crippen molar-refractivity contribution in [1.82, 2.24) is 9.99 Å². The molecule has 0 spiro atoms. The fourth-order valence-electron chi connectivity index (χ4n) is 3.63. The summed E-state index contributed by atoms with van der Waals surface area (Å²) in [5.74, 6) is 1.06. The number of halogens is 1. The Labute approximate surface area is 161 Å². The fourth-order valence-corrected chi connectivity index (χ4v) is 3.82. The molecule has 0 radical (unpaired) electrons. The van der Waals surface area contributed by atoms with Gasteiger partial charge in [0.25, 0.3) is 0 Å². The van der Waals surface area contributed by atoms with E-state index in [-0.39, 0.29) is 18.0 Å². The van der Waals surface area contributed by atoms with Gasteiger partial charge in [-0.1, -0.05) is 11.6 Å². The van der Waals surface area contributed by atoms with Crippen molar-refractivity contribution in [2.24, 2.45) is 5.10 Å². The summed E-state index contributed by atoms with van der Waals surface area (Å²) in [6, 6.07) is 16.8. The van der Waals surface area contributed by atoms with Crippen LogP contribution < -0.4 is 4.74 Å². The third kappa shape index (κ3) is 2.80. The predicted molar refractivity (Wildman–Crippen MR) is 103 cm³/mol. The van der Waals surface area contributed by atoms with E-state index in [1.165, 1.54) is 0 Å². The molecule has 27 heavy (non-hydrogen) atoms. The highest BCUT2D eigenvalue weighted by molar-refractivity contribution is 6.30. The van der Waals surface area contributed by atoms with Crippen molar-refractivity contribution in [3.63, 3.8) is 0 Å². The lowest BCUT2D eigenvalue weighted by atomic mass is 9.96. The van der Waals surface area contributed by atoms with Crippen molar-refractivity contribution in [2.75, 3.05) is 0 Å². The van der Waals surface area contributed by atoms with Gasteiger partial charge >= 0.3 is 0 Å². The van der Waals surface area contributed by atoms with Gasteiger partial charge in [-0.2, -0.15) is 5.10 Å². The maximum absolute atomic E-state index is 9.57. The van der Waals surface area contributed by atoms with Crippen LogP contribution in [-0.2, 0) is 0 Å². The molecule has 134 valence electrons. The summed E-state index contributed by atoms with van der Waals surface area (Å²) in [4.78, 5) is 4.10. The number of phenolic OH excluding ortho intramolecular Hbond substituents is 1. The molecule has 1 aromatic heterocycles. The maximum atomic E-state index is 9.57. The number of hydrogen-bond acceptors (Lipinski definition) is 5. The molecule has 5 rings (SSSR count). The van der Waals surface area contributed by atoms with Crippen molar-refractivity contribution in [3.8, 4) is 11.5 Å². The molecule has 2 atom stereocenters. The van der Waals surface area contributed by atoms with Gasteiger partial charge in [0.15, 0.2) is 0 Å². The monoisotopic (exact) mass is 377 g/mol. The van der Waals surface area contributed by atoms with Gasteiger partial charge in [0.2, 0.25) is 6.23 Å². The molecule has 3 heterocycles. The zero-order chi connectivity index (χ0) is 18.4. The second kappa shape index (κ2) is 6.28. The van der Waals surface area contributed by atoms with Gasteiger partial charge in [-0.15, -0.1) is 0 Å². The Morgan fingerprint density at radius 2 is 1.81 bits per heavy atom. The molecule has 0 saturated carbocycles. The average Bonchev–Trinajstić information content (AvgIpc) is 3.14. The molecule has 1 N–H and O–H groups in total. The Bertz CT molecular complexity index is 1020. The molecular weight excluding hydrogens is 362 g/mol. The first-order chi connectivity index (χ1) is 13.2. The predicted octanol–water partition coefficient (Wildman–Crippen LogP) is 4.68. The summed E-state index contributed by atoms with van der Waals surface area (Å²) in [5.41, 5.74) is 3.96. The molecule has 0 saturated heterocycles. The molecule has 0 fully saturated rings. The summed E-state index contributed by atoms with van der Waals surface area (Å²) >= 11 is 6.24.